The van der Waals surface area contributed by atoms with Crippen LogP contribution in [0.2, 0.25) is 0 Å². The molecule has 0 atom stereocenters. The molecule has 3 rings (SSSR count). The van der Waals surface area contributed by atoms with Crippen molar-refractivity contribution in [3.63, 3.8) is 0 Å². The van der Waals surface area contributed by atoms with E-state index >= 15 is 0 Å². The van der Waals surface area contributed by atoms with E-state index in [4.69, 9.17) is 0 Å². The van der Waals surface area contributed by atoms with E-state index in [1.165, 1.54) is 16.7 Å². The lowest BCUT2D eigenvalue weighted by molar-refractivity contribution is 1.12. The van der Waals surface area contributed by atoms with Gasteiger partial charge in [-0.05, 0) is 35.7 Å². The molecular weight excluding hydrogens is 244 g/mol. The number of hydrogen-bond acceptors (Lipinski definition) is 2. The smallest absolute Gasteiger partial charge is 0.0967 e. The molecule has 0 amide bonds. The van der Waals surface area contributed by atoms with Gasteiger partial charge in [-0.25, -0.2) is 0 Å². The quantitative estimate of drug-likeness (QED) is 0.698. The summed E-state index contributed by atoms with van der Waals surface area (Å²) in [5.74, 6) is 0. The van der Waals surface area contributed by atoms with Crippen LogP contribution in [-0.2, 0) is 6.42 Å². The SMILES string of the molecule is CCc1ccnc(-c2ccccn2)c1-c1ccccc1. The molecule has 2 heteroatoms. The Bertz CT molecular complexity index is 691. The molecule has 0 aliphatic rings. The summed E-state index contributed by atoms with van der Waals surface area (Å²) in [7, 11) is 0. The van der Waals surface area contributed by atoms with Crippen LogP contribution in [0.5, 0.6) is 0 Å². The van der Waals surface area contributed by atoms with E-state index < -0.39 is 0 Å². The van der Waals surface area contributed by atoms with Gasteiger partial charge >= 0.3 is 0 Å². The van der Waals surface area contributed by atoms with Crippen molar-refractivity contribution in [1.82, 2.24) is 9.97 Å². The second kappa shape index (κ2) is 5.66. The molecule has 3 aromatic rings. The third-order valence-electron chi connectivity index (χ3n) is 3.39. The van der Waals surface area contributed by atoms with Gasteiger partial charge in [0.05, 0.1) is 11.4 Å². The fourth-order valence-electron chi connectivity index (χ4n) is 2.42. The van der Waals surface area contributed by atoms with Gasteiger partial charge in [-0.15, -0.1) is 0 Å². The zero-order valence-corrected chi connectivity index (χ0v) is 11.5. The van der Waals surface area contributed by atoms with Crippen molar-refractivity contribution in [3.05, 3.63) is 72.6 Å². The van der Waals surface area contributed by atoms with Gasteiger partial charge in [0, 0.05) is 18.0 Å². The molecule has 2 nitrogen and oxygen atoms in total. The van der Waals surface area contributed by atoms with Crippen LogP contribution in [0, 0.1) is 0 Å². The molecule has 0 radical (unpaired) electrons. The van der Waals surface area contributed by atoms with Crippen molar-refractivity contribution in [1.29, 1.82) is 0 Å². The average molecular weight is 260 g/mol. The molecule has 0 fully saturated rings. The monoisotopic (exact) mass is 260 g/mol. The minimum absolute atomic E-state index is 0.918. The lowest BCUT2D eigenvalue weighted by Gasteiger charge is -2.13. The predicted octanol–water partition coefficient (Wildman–Crippen LogP) is 4.37. The van der Waals surface area contributed by atoms with E-state index in [0.29, 0.717) is 0 Å². The Labute approximate surface area is 119 Å². The molecular formula is C18H16N2. The van der Waals surface area contributed by atoms with Crippen LogP contribution in [-0.4, -0.2) is 9.97 Å². The van der Waals surface area contributed by atoms with Crippen LogP contribution in [0.1, 0.15) is 12.5 Å². The minimum atomic E-state index is 0.918. The van der Waals surface area contributed by atoms with Crippen molar-refractivity contribution >= 4 is 0 Å². The summed E-state index contributed by atoms with van der Waals surface area (Å²) in [6.07, 6.45) is 4.66. The third-order valence-corrected chi connectivity index (χ3v) is 3.39. The van der Waals surface area contributed by atoms with Crippen LogP contribution in [0.25, 0.3) is 22.5 Å². The van der Waals surface area contributed by atoms with Crippen molar-refractivity contribution in [2.75, 3.05) is 0 Å². The second-order valence-corrected chi connectivity index (χ2v) is 4.63. The summed E-state index contributed by atoms with van der Waals surface area (Å²) in [5.41, 5.74) is 5.55. The third kappa shape index (κ3) is 2.32. The zero-order valence-electron chi connectivity index (χ0n) is 11.5. The van der Waals surface area contributed by atoms with E-state index in [9.17, 15) is 0 Å². The summed E-state index contributed by atoms with van der Waals surface area (Å²) < 4.78 is 0. The minimum Gasteiger partial charge on any atom is -0.255 e. The Kier molecular flexibility index (Phi) is 3.55. The van der Waals surface area contributed by atoms with Crippen LogP contribution >= 0.6 is 0 Å². The molecule has 20 heavy (non-hydrogen) atoms. The number of aryl methyl sites for hydroxylation is 1. The molecule has 0 aliphatic carbocycles. The van der Waals surface area contributed by atoms with Gasteiger partial charge in [-0.1, -0.05) is 43.3 Å². The highest BCUT2D eigenvalue weighted by molar-refractivity contribution is 5.81. The number of benzene rings is 1. The molecule has 2 aromatic heterocycles. The highest BCUT2D eigenvalue weighted by atomic mass is 14.8. The van der Waals surface area contributed by atoms with Gasteiger partial charge in [0.25, 0.3) is 0 Å². The molecule has 0 unspecified atom stereocenters. The fraction of sp³-hybridized carbons (Fsp3) is 0.111. The highest BCUT2D eigenvalue weighted by Crippen LogP contribution is 2.32. The normalized spacial score (nSPS) is 10.4. The topological polar surface area (TPSA) is 25.8 Å². The molecule has 0 saturated carbocycles. The van der Waals surface area contributed by atoms with Crippen molar-refractivity contribution in [2.24, 2.45) is 0 Å². The Morgan fingerprint density at radius 2 is 1.60 bits per heavy atom. The maximum Gasteiger partial charge on any atom is 0.0967 e. The zero-order chi connectivity index (χ0) is 13.8. The van der Waals surface area contributed by atoms with Crippen LogP contribution in [0.3, 0.4) is 0 Å². The first-order chi connectivity index (χ1) is 9.90. The maximum atomic E-state index is 4.57. The molecule has 0 saturated heterocycles. The van der Waals surface area contributed by atoms with E-state index in [0.717, 1.165) is 17.8 Å². The fourth-order valence-corrected chi connectivity index (χ4v) is 2.42. The first-order valence-electron chi connectivity index (χ1n) is 6.85. The van der Waals surface area contributed by atoms with Crippen LogP contribution in [0.4, 0.5) is 0 Å². The standard InChI is InChI=1S/C18H16N2/c1-2-14-11-13-20-18(16-10-6-7-12-19-16)17(14)15-8-4-3-5-9-15/h3-13H,2H2,1H3. The summed E-state index contributed by atoms with van der Waals surface area (Å²) in [6, 6.07) is 18.4. The summed E-state index contributed by atoms with van der Waals surface area (Å²) in [4.78, 5) is 9.02. The van der Waals surface area contributed by atoms with Gasteiger partial charge in [0.15, 0.2) is 0 Å². The van der Waals surface area contributed by atoms with E-state index in [2.05, 4.69) is 47.2 Å². The maximum absolute atomic E-state index is 4.57. The lowest BCUT2D eigenvalue weighted by atomic mass is 9.95. The Hall–Kier alpha value is -2.48. The van der Waals surface area contributed by atoms with Crippen molar-refractivity contribution < 1.29 is 0 Å². The molecule has 0 spiro atoms. The highest BCUT2D eigenvalue weighted by Gasteiger charge is 2.13. The number of hydrogen-bond donors (Lipinski definition) is 0. The largest absolute Gasteiger partial charge is 0.255 e. The lowest BCUT2D eigenvalue weighted by Crippen LogP contribution is -1.96. The molecule has 0 aliphatic heterocycles. The van der Waals surface area contributed by atoms with Crippen LogP contribution < -0.4 is 0 Å². The summed E-state index contributed by atoms with van der Waals surface area (Å²) in [6.45, 7) is 2.17. The number of pyridine rings is 2. The average Bonchev–Trinajstić information content (AvgIpc) is 2.55. The first-order valence-corrected chi connectivity index (χ1v) is 6.85. The van der Waals surface area contributed by atoms with Gasteiger partial charge < -0.3 is 0 Å². The predicted molar refractivity (Wildman–Crippen MR) is 82.3 cm³/mol. The molecule has 0 N–H and O–H groups in total. The summed E-state index contributed by atoms with van der Waals surface area (Å²) >= 11 is 0. The molecule has 1 aromatic carbocycles. The Morgan fingerprint density at radius 3 is 2.30 bits per heavy atom. The van der Waals surface area contributed by atoms with Gasteiger partial charge in [-0.2, -0.15) is 0 Å². The van der Waals surface area contributed by atoms with E-state index in [1.54, 1.807) is 0 Å². The van der Waals surface area contributed by atoms with Crippen LogP contribution in [0.15, 0.2) is 67.0 Å². The van der Waals surface area contributed by atoms with E-state index in [1.807, 2.05) is 36.7 Å². The first kappa shape index (κ1) is 12.5. The van der Waals surface area contributed by atoms with Crippen molar-refractivity contribution in [2.45, 2.75) is 13.3 Å². The number of aromatic nitrogens is 2. The second-order valence-electron chi connectivity index (χ2n) is 4.63. The summed E-state index contributed by atoms with van der Waals surface area (Å²) in [5, 5.41) is 0. The molecule has 0 bridgehead atoms. The van der Waals surface area contributed by atoms with Gasteiger partial charge in [0.2, 0.25) is 0 Å². The van der Waals surface area contributed by atoms with Crippen molar-refractivity contribution in [3.8, 4) is 22.5 Å². The number of rotatable bonds is 3. The van der Waals surface area contributed by atoms with Gasteiger partial charge in [0.1, 0.15) is 0 Å². The molecule has 98 valence electrons. The Morgan fingerprint density at radius 1 is 0.800 bits per heavy atom. The number of nitrogens with zero attached hydrogens (tertiary/aromatic N) is 2. The van der Waals surface area contributed by atoms with Gasteiger partial charge in [-0.3, -0.25) is 9.97 Å². The molecule has 2 heterocycles. The van der Waals surface area contributed by atoms with E-state index in [-0.39, 0.29) is 0 Å². The Balaban J connectivity index is 2.26.